The lowest BCUT2D eigenvalue weighted by atomic mass is 9.98. The van der Waals surface area contributed by atoms with Crippen LogP contribution < -0.4 is 10.2 Å². The highest BCUT2D eigenvalue weighted by molar-refractivity contribution is 5.67. The molecule has 1 heterocycles. The number of nitrogens with zero attached hydrogens (tertiary/aromatic N) is 1. The van der Waals surface area contributed by atoms with Gasteiger partial charge in [0.25, 0.3) is 0 Å². The minimum Gasteiger partial charge on any atom is -0.344 e. The van der Waals surface area contributed by atoms with Crippen LogP contribution in [-0.2, 0) is 13.0 Å². The summed E-state index contributed by atoms with van der Waals surface area (Å²) in [6.07, 6.45) is 1.11. The number of benzene rings is 2. The van der Waals surface area contributed by atoms with Gasteiger partial charge in [0.1, 0.15) is 0 Å². The van der Waals surface area contributed by atoms with Gasteiger partial charge in [0.2, 0.25) is 0 Å². The first-order valence-electron chi connectivity index (χ1n) is 6.87. The molecular formula is C17H20N2. The van der Waals surface area contributed by atoms with Crippen LogP contribution in [0, 0.1) is 6.92 Å². The van der Waals surface area contributed by atoms with Crippen molar-refractivity contribution in [3.63, 3.8) is 0 Å². The summed E-state index contributed by atoms with van der Waals surface area (Å²) in [7, 11) is 2.16. The summed E-state index contributed by atoms with van der Waals surface area (Å²) in [6.45, 7) is 4.19. The third kappa shape index (κ3) is 2.36. The number of rotatable bonds is 2. The zero-order valence-corrected chi connectivity index (χ0v) is 11.6. The van der Waals surface area contributed by atoms with E-state index in [1.165, 1.54) is 28.1 Å². The SMILES string of the molecule is Cc1ccc(N(C)c2cccc3c2CCNC3)cc1. The van der Waals surface area contributed by atoms with Gasteiger partial charge in [-0.3, -0.25) is 0 Å². The van der Waals surface area contributed by atoms with Gasteiger partial charge in [-0.05, 0) is 49.2 Å². The number of nitrogens with one attached hydrogen (secondary N) is 1. The van der Waals surface area contributed by atoms with Gasteiger partial charge in [-0.25, -0.2) is 0 Å². The van der Waals surface area contributed by atoms with Gasteiger partial charge in [0.05, 0.1) is 0 Å². The zero-order chi connectivity index (χ0) is 13.2. The molecule has 2 heteroatoms. The third-order valence-electron chi connectivity index (χ3n) is 3.90. The van der Waals surface area contributed by atoms with E-state index < -0.39 is 0 Å². The second kappa shape index (κ2) is 5.06. The van der Waals surface area contributed by atoms with Crippen molar-refractivity contribution in [2.24, 2.45) is 0 Å². The largest absolute Gasteiger partial charge is 0.344 e. The fourth-order valence-corrected chi connectivity index (χ4v) is 2.73. The molecule has 0 fully saturated rings. The van der Waals surface area contributed by atoms with Crippen molar-refractivity contribution < 1.29 is 0 Å². The Morgan fingerprint density at radius 1 is 1.05 bits per heavy atom. The Bertz CT molecular complexity index is 572. The van der Waals surface area contributed by atoms with Gasteiger partial charge in [0, 0.05) is 25.0 Å². The molecular weight excluding hydrogens is 232 g/mol. The lowest BCUT2D eigenvalue weighted by Gasteiger charge is -2.27. The van der Waals surface area contributed by atoms with Gasteiger partial charge in [0.15, 0.2) is 0 Å². The Balaban J connectivity index is 1.99. The van der Waals surface area contributed by atoms with Gasteiger partial charge in [-0.2, -0.15) is 0 Å². The summed E-state index contributed by atoms with van der Waals surface area (Å²) >= 11 is 0. The minimum absolute atomic E-state index is 0.991. The number of fused-ring (bicyclic) bond motifs is 1. The zero-order valence-electron chi connectivity index (χ0n) is 11.6. The van der Waals surface area contributed by atoms with E-state index in [1.54, 1.807) is 0 Å². The Hall–Kier alpha value is -1.80. The average Bonchev–Trinajstić information content (AvgIpc) is 2.47. The van der Waals surface area contributed by atoms with E-state index in [4.69, 9.17) is 0 Å². The maximum absolute atomic E-state index is 3.44. The maximum atomic E-state index is 3.44. The van der Waals surface area contributed by atoms with Crippen molar-refractivity contribution in [3.8, 4) is 0 Å². The first-order chi connectivity index (χ1) is 9.25. The number of anilines is 2. The van der Waals surface area contributed by atoms with Gasteiger partial charge < -0.3 is 10.2 Å². The molecule has 0 aromatic heterocycles. The van der Waals surface area contributed by atoms with E-state index in [-0.39, 0.29) is 0 Å². The Morgan fingerprint density at radius 3 is 2.63 bits per heavy atom. The normalized spacial score (nSPS) is 14.0. The Kier molecular flexibility index (Phi) is 3.26. The molecule has 0 bridgehead atoms. The molecule has 2 nitrogen and oxygen atoms in total. The molecule has 3 rings (SSSR count). The van der Waals surface area contributed by atoms with Crippen molar-refractivity contribution in [2.45, 2.75) is 19.9 Å². The molecule has 19 heavy (non-hydrogen) atoms. The first-order valence-corrected chi connectivity index (χ1v) is 6.87. The van der Waals surface area contributed by atoms with Crippen molar-refractivity contribution in [1.29, 1.82) is 0 Å². The first kappa shape index (κ1) is 12.2. The van der Waals surface area contributed by atoms with Crippen LogP contribution >= 0.6 is 0 Å². The van der Waals surface area contributed by atoms with E-state index in [1.807, 2.05) is 0 Å². The molecule has 0 saturated heterocycles. The van der Waals surface area contributed by atoms with E-state index >= 15 is 0 Å². The molecule has 0 unspecified atom stereocenters. The highest BCUT2D eigenvalue weighted by Gasteiger charge is 2.15. The van der Waals surface area contributed by atoms with Crippen LogP contribution in [0.1, 0.15) is 16.7 Å². The summed E-state index contributed by atoms with van der Waals surface area (Å²) in [5.41, 5.74) is 6.81. The van der Waals surface area contributed by atoms with Crippen molar-refractivity contribution in [3.05, 3.63) is 59.2 Å². The molecule has 0 aliphatic carbocycles. The molecule has 0 spiro atoms. The summed E-state index contributed by atoms with van der Waals surface area (Å²) in [5, 5.41) is 3.44. The molecule has 1 N–H and O–H groups in total. The van der Waals surface area contributed by atoms with Crippen LogP contribution in [0.25, 0.3) is 0 Å². The van der Waals surface area contributed by atoms with E-state index in [2.05, 4.69) is 66.7 Å². The van der Waals surface area contributed by atoms with Gasteiger partial charge in [-0.1, -0.05) is 29.8 Å². The fourth-order valence-electron chi connectivity index (χ4n) is 2.73. The quantitative estimate of drug-likeness (QED) is 0.881. The van der Waals surface area contributed by atoms with Crippen LogP contribution in [0.15, 0.2) is 42.5 Å². The molecule has 1 aliphatic heterocycles. The molecule has 0 saturated carbocycles. The van der Waals surface area contributed by atoms with Gasteiger partial charge in [-0.15, -0.1) is 0 Å². The monoisotopic (exact) mass is 252 g/mol. The lowest BCUT2D eigenvalue weighted by molar-refractivity contribution is 0.644. The number of aryl methyl sites for hydroxylation is 1. The predicted molar refractivity (Wildman–Crippen MR) is 81.1 cm³/mol. The van der Waals surface area contributed by atoms with Crippen LogP contribution in [0.2, 0.25) is 0 Å². The summed E-state index contributed by atoms with van der Waals surface area (Å²) in [4.78, 5) is 2.30. The van der Waals surface area contributed by atoms with Crippen LogP contribution in [0.5, 0.6) is 0 Å². The van der Waals surface area contributed by atoms with Crippen molar-refractivity contribution in [1.82, 2.24) is 5.32 Å². The molecule has 1 aliphatic rings. The molecule has 0 radical (unpaired) electrons. The van der Waals surface area contributed by atoms with Crippen molar-refractivity contribution >= 4 is 11.4 Å². The van der Waals surface area contributed by atoms with E-state index in [0.29, 0.717) is 0 Å². The summed E-state index contributed by atoms with van der Waals surface area (Å²) in [5.74, 6) is 0. The smallest absolute Gasteiger partial charge is 0.0444 e. The van der Waals surface area contributed by atoms with Crippen LogP contribution in [-0.4, -0.2) is 13.6 Å². The fraction of sp³-hybridized carbons (Fsp3) is 0.294. The summed E-state index contributed by atoms with van der Waals surface area (Å²) in [6, 6.07) is 15.3. The Labute approximate surface area is 115 Å². The number of hydrogen-bond acceptors (Lipinski definition) is 2. The molecule has 2 aromatic rings. The second-order valence-corrected chi connectivity index (χ2v) is 5.24. The average molecular weight is 252 g/mol. The van der Waals surface area contributed by atoms with Crippen LogP contribution in [0.4, 0.5) is 11.4 Å². The van der Waals surface area contributed by atoms with Crippen LogP contribution in [0.3, 0.4) is 0 Å². The standard InChI is InChI=1S/C17H20N2/c1-13-6-8-15(9-7-13)19(2)17-5-3-4-14-12-18-11-10-16(14)17/h3-9,18H,10-12H2,1-2H3. The highest BCUT2D eigenvalue weighted by Crippen LogP contribution is 2.30. The second-order valence-electron chi connectivity index (χ2n) is 5.24. The predicted octanol–water partition coefficient (Wildman–Crippen LogP) is 3.41. The van der Waals surface area contributed by atoms with E-state index in [9.17, 15) is 0 Å². The molecule has 0 amide bonds. The summed E-state index contributed by atoms with van der Waals surface area (Å²) < 4.78 is 0. The highest BCUT2D eigenvalue weighted by atomic mass is 15.1. The molecule has 0 atom stereocenters. The lowest BCUT2D eigenvalue weighted by Crippen LogP contribution is -2.25. The van der Waals surface area contributed by atoms with Crippen molar-refractivity contribution in [2.75, 3.05) is 18.5 Å². The topological polar surface area (TPSA) is 15.3 Å². The molecule has 2 aromatic carbocycles. The molecule has 98 valence electrons. The minimum atomic E-state index is 0.991. The third-order valence-corrected chi connectivity index (χ3v) is 3.90. The Morgan fingerprint density at radius 2 is 1.84 bits per heavy atom. The van der Waals surface area contributed by atoms with E-state index in [0.717, 1.165) is 19.5 Å². The number of hydrogen-bond donors (Lipinski definition) is 1. The van der Waals surface area contributed by atoms with Gasteiger partial charge >= 0.3 is 0 Å². The maximum Gasteiger partial charge on any atom is 0.0444 e.